The van der Waals surface area contributed by atoms with E-state index >= 15 is 0 Å². The van der Waals surface area contributed by atoms with E-state index in [2.05, 4.69) is 0 Å². The topological polar surface area (TPSA) is 66.9 Å². The molecular weight excluding hydrogens is 395 g/mol. The number of likely N-dealkylation sites (tertiary alicyclic amines) is 1. The molecule has 0 radical (unpaired) electrons. The van der Waals surface area contributed by atoms with E-state index in [9.17, 15) is 17.6 Å². The molecule has 29 heavy (non-hydrogen) atoms. The molecule has 2 heterocycles. The molecule has 2 saturated heterocycles. The van der Waals surface area contributed by atoms with Crippen molar-refractivity contribution in [1.82, 2.24) is 9.21 Å². The summed E-state index contributed by atoms with van der Waals surface area (Å²) in [6, 6.07) is 11.7. The van der Waals surface area contributed by atoms with E-state index in [1.807, 2.05) is 0 Å². The fourth-order valence-electron chi connectivity index (χ4n) is 4.29. The number of piperidine rings is 1. The molecular formula is C21H23FN2O4S. The quantitative estimate of drug-likeness (QED) is 0.766. The number of fused-ring (bicyclic) bond motifs is 1. The molecule has 4 rings (SSSR count). The van der Waals surface area contributed by atoms with Gasteiger partial charge < -0.3 is 9.64 Å². The Morgan fingerprint density at radius 2 is 1.90 bits per heavy atom. The maximum Gasteiger partial charge on any atom is 0.254 e. The Hall–Kier alpha value is -2.45. The third-order valence-corrected chi connectivity index (χ3v) is 7.69. The number of methoxy groups -OCH3 is 1. The van der Waals surface area contributed by atoms with Crippen LogP contribution in [0.25, 0.3) is 0 Å². The Balaban J connectivity index is 1.57. The van der Waals surface area contributed by atoms with Crippen LogP contribution in [0.5, 0.6) is 5.75 Å². The number of benzene rings is 2. The number of halogens is 1. The highest BCUT2D eigenvalue weighted by Gasteiger charge is 2.45. The van der Waals surface area contributed by atoms with Crippen LogP contribution in [-0.4, -0.2) is 56.3 Å². The summed E-state index contributed by atoms with van der Waals surface area (Å²) >= 11 is 0. The molecule has 0 bridgehead atoms. The van der Waals surface area contributed by atoms with Crippen molar-refractivity contribution in [2.24, 2.45) is 5.92 Å². The van der Waals surface area contributed by atoms with Crippen molar-refractivity contribution in [2.75, 3.05) is 26.7 Å². The minimum Gasteiger partial charge on any atom is -0.497 e. The molecule has 0 spiro atoms. The summed E-state index contributed by atoms with van der Waals surface area (Å²) < 4.78 is 46.6. The van der Waals surface area contributed by atoms with Gasteiger partial charge in [0.2, 0.25) is 10.0 Å². The molecule has 2 fully saturated rings. The first-order chi connectivity index (χ1) is 13.9. The Morgan fingerprint density at radius 3 is 2.59 bits per heavy atom. The number of carbonyl (C=O) groups is 1. The van der Waals surface area contributed by atoms with Crippen LogP contribution in [0.3, 0.4) is 0 Å². The molecule has 0 aromatic heterocycles. The molecule has 2 aromatic rings. The third kappa shape index (κ3) is 3.74. The Bertz CT molecular complexity index is 1010. The second-order valence-corrected chi connectivity index (χ2v) is 9.37. The number of amides is 1. The fourth-order valence-corrected chi connectivity index (χ4v) is 6.01. The predicted molar refractivity (Wildman–Crippen MR) is 106 cm³/mol. The van der Waals surface area contributed by atoms with Crippen LogP contribution in [-0.2, 0) is 10.0 Å². The zero-order chi connectivity index (χ0) is 20.6. The standard InChI is InChI=1S/C21H23FN2O4S/c1-28-18-7-9-19(10-8-18)29(26,27)24-11-3-5-16-13-23(14-20(16)24)21(25)15-4-2-6-17(22)12-15/h2,4,6-10,12,16,20H,3,5,11,13-14H2,1H3/t16-,20+/m1/s1. The summed E-state index contributed by atoms with van der Waals surface area (Å²) in [6.07, 6.45) is 1.62. The lowest BCUT2D eigenvalue weighted by atomic mass is 9.94. The molecule has 2 aromatic carbocycles. The van der Waals surface area contributed by atoms with E-state index in [1.54, 1.807) is 35.2 Å². The Kier molecular flexibility index (Phi) is 5.31. The second-order valence-electron chi connectivity index (χ2n) is 7.48. The highest BCUT2D eigenvalue weighted by atomic mass is 32.2. The van der Waals surface area contributed by atoms with Crippen molar-refractivity contribution >= 4 is 15.9 Å². The highest BCUT2D eigenvalue weighted by molar-refractivity contribution is 7.89. The van der Waals surface area contributed by atoms with Crippen molar-refractivity contribution < 1.29 is 22.3 Å². The van der Waals surface area contributed by atoms with Crippen molar-refractivity contribution in [2.45, 2.75) is 23.8 Å². The van der Waals surface area contributed by atoms with Gasteiger partial charge in [0.05, 0.1) is 12.0 Å². The van der Waals surface area contributed by atoms with Gasteiger partial charge in [-0.05, 0) is 61.2 Å². The zero-order valence-electron chi connectivity index (χ0n) is 16.1. The summed E-state index contributed by atoms with van der Waals surface area (Å²) in [5, 5.41) is 0. The van der Waals surface area contributed by atoms with Crippen LogP contribution >= 0.6 is 0 Å². The first-order valence-corrected chi connectivity index (χ1v) is 11.0. The van der Waals surface area contributed by atoms with Crippen molar-refractivity contribution in [1.29, 1.82) is 0 Å². The normalized spacial score (nSPS) is 22.3. The van der Waals surface area contributed by atoms with Gasteiger partial charge in [0.25, 0.3) is 5.91 Å². The lowest BCUT2D eigenvalue weighted by molar-refractivity contribution is 0.0783. The van der Waals surface area contributed by atoms with Gasteiger partial charge in [-0.25, -0.2) is 12.8 Å². The molecule has 2 aliphatic heterocycles. The second kappa shape index (κ2) is 7.76. The molecule has 0 N–H and O–H groups in total. The molecule has 0 aliphatic carbocycles. The van der Waals surface area contributed by atoms with Gasteiger partial charge in [-0.2, -0.15) is 4.31 Å². The predicted octanol–water partition coefficient (Wildman–Crippen LogP) is 2.76. The van der Waals surface area contributed by atoms with Gasteiger partial charge in [-0.15, -0.1) is 0 Å². The minimum absolute atomic E-state index is 0.0780. The molecule has 0 saturated carbocycles. The largest absolute Gasteiger partial charge is 0.497 e. The maximum atomic E-state index is 13.5. The van der Waals surface area contributed by atoms with Gasteiger partial charge >= 0.3 is 0 Å². The summed E-state index contributed by atoms with van der Waals surface area (Å²) in [4.78, 5) is 14.7. The van der Waals surface area contributed by atoms with Crippen LogP contribution in [0, 0.1) is 11.7 Å². The lowest BCUT2D eigenvalue weighted by Gasteiger charge is -2.35. The van der Waals surface area contributed by atoms with Crippen LogP contribution in [0.2, 0.25) is 0 Å². The Morgan fingerprint density at radius 1 is 1.14 bits per heavy atom. The third-order valence-electron chi connectivity index (χ3n) is 5.75. The smallest absolute Gasteiger partial charge is 0.254 e. The monoisotopic (exact) mass is 418 g/mol. The molecule has 154 valence electrons. The van der Waals surface area contributed by atoms with Crippen LogP contribution in [0.1, 0.15) is 23.2 Å². The number of hydrogen-bond acceptors (Lipinski definition) is 4. The summed E-state index contributed by atoms with van der Waals surface area (Å²) in [7, 11) is -2.15. The maximum absolute atomic E-state index is 13.5. The molecule has 0 unspecified atom stereocenters. The highest BCUT2D eigenvalue weighted by Crippen LogP contribution is 2.35. The number of ether oxygens (including phenoxy) is 1. The van der Waals surface area contributed by atoms with E-state index in [4.69, 9.17) is 4.74 Å². The van der Waals surface area contributed by atoms with Gasteiger partial charge in [-0.3, -0.25) is 4.79 Å². The van der Waals surface area contributed by atoms with E-state index in [0.29, 0.717) is 25.4 Å². The lowest BCUT2D eigenvalue weighted by Crippen LogP contribution is -2.48. The summed E-state index contributed by atoms with van der Waals surface area (Å²) in [6.45, 7) is 1.22. The Labute approximate surface area is 169 Å². The number of carbonyl (C=O) groups excluding carboxylic acids is 1. The van der Waals surface area contributed by atoms with Crippen LogP contribution in [0.4, 0.5) is 4.39 Å². The van der Waals surface area contributed by atoms with Crippen molar-refractivity contribution in [3.05, 3.63) is 59.9 Å². The van der Waals surface area contributed by atoms with E-state index < -0.39 is 15.8 Å². The van der Waals surface area contributed by atoms with Crippen LogP contribution < -0.4 is 4.74 Å². The van der Waals surface area contributed by atoms with Gasteiger partial charge in [0.15, 0.2) is 0 Å². The molecule has 6 nitrogen and oxygen atoms in total. The van der Waals surface area contributed by atoms with Crippen molar-refractivity contribution in [3.63, 3.8) is 0 Å². The van der Waals surface area contributed by atoms with E-state index in [-0.39, 0.29) is 28.3 Å². The summed E-state index contributed by atoms with van der Waals surface area (Å²) in [5.74, 6) is -0.0562. The number of hydrogen-bond donors (Lipinski definition) is 0. The van der Waals surface area contributed by atoms with Gasteiger partial charge in [-0.1, -0.05) is 6.07 Å². The van der Waals surface area contributed by atoms with E-state index in [0.717, 1.165) is 12.8 Å². The average molecular weight is 418 g/mol. The molecule has 2 aliphatic rings. The van der Waals surface area contributed by atoms with Crippen LogP contribution in [0.15, 0.2) is 53.4 Å². The number of sulfonamides is 1. The number of rotatable bonds is 4. The SMILES string of the molecule is COc1ccc(S(=O)(=O)N2CCC[C@@H]3CN(C(=O)c4cccc(F)c4)C[C@@H]32)cc1. The average Bonchev–Trinajstić information content (AvgIpc) is 3.17. The molecule has 8 heteroatoms. The first-order valence-electron chi connectivity index (χ1n) is 9.61. The van der Waals surface area contributed by atoms with Gasteiger partial charge in [0, 0.05) is 31.2 Å². The molecule has 1 amide bonds. The first kappa shape index (κ1) is 19.8. The number of nitrogens with zero attached hydrogens (tertiary/aromatic N) is 2. The van der Waals surface area contributed by atoms with Gasteiger partial charge in [0.1, 0.15) is 11.6 Å². The van der Waals surface area contributed by atoms with Crippen molar-refractivity contribution in [3.8, 4) is 5.75 Å². The van der Waals surface area contributed by atoms with E-state index in [1.165, 1.54) is 29.6 Å². The molecule has 2 atom stereocenters. The fraction of sp³-hybridized carbons (Fsp3) is 0.381. The summed E-state index contributed by atoms with van der Waals surface area (Å²) in [5.41, 5.74) is 0.285. The zero-order valence-corrected chi connectivity index (χ0v) is 16.9. The minimum atomic E-state index is -3.68.